The van der Waals surface area contributed by atoms with E-state index in [9.17, 15) is 23.8 Å². The van der Waals surface area contributed by atoms with Crippen LogP contribution in [0.4, 0.5) is 0 Å². The number of carboxylic acids is 1. The molecule has 0 aromatic rings. The van der Waals surface area contributed by atoms with E-state index in [-0.39, 0.29) is 19.4 Å². The van der Waals surface area contributed by atoms with Gasteiger partial charge in [-0.15, -0.1) is 0 Å². The lowest BCUT2D eigenvalue weighted by Gasteiger charge is -2.20. The first-order chi connectivity index (χ1) is 24.6. The van der Waals surface area contributed by atoms with Crippen LogP contribution in [0.5, 0.6) is 0 Å². The average Bonchev–Trinajstić information content (AvgIpc) is 3.10. The Labute approximate surface area is 309 Å². The molecule has 0 aromatic heterocycles. The molecule has 0 rings (SSSR count). The molecule has 3 atom stereocenters. The van der Waals surface area contributed by atoms with Crippen LogP contribution < -0.4 is 5.73 Å². The number of phosphoric acid groups is 1. The van der Waals surface area contributed by atoms with E-state index >= 15 is 0 Å². The molecule has 0 aliphatic carbocycles. The number of esters is 2. The fourth-order valence-corrected chi connectivity index (χ4v) is 5.99. The highest BCUT2D eigenvalue weighted by atomic mass is 31.2. The van der Waals surface area contributed by atoms with E-state index in [1.807, 2.05) is 0 Å². The van der Waals surface area contributed by atoms with E-state index < -0.39 is 51.1 Å². The summed E-state index contributed by atoms with van der Waals surface area (Å²) in [5, 5.41) is 8.86. The quantitative estimate of drug-likeness (QED) is 0.0239. The van der Waals surface area contributed by atoms with Crippen molar-refractivity contribution in [2.45, 2.75) is 187 Å². The van der Waals surface area contributed by atoms with E-state index in [0.717, 1.165) is 77.0 Å². The van der Waals surface area contributed by atoms with Crippen molar-refractivity contribution in [1.82, 2.24) is 0 Å². The van der Waals surface area contributed by atoms with Gasteiger partial charge in [0.05, 0.1) is 13.2 Å². The van der Waals surface area contributed by atoms with Gasteiger partial charge in [-0.25, -0.2) is 4.57 Å². The third-order valence-corrected chi connectivity index (χ3v) is 9.37. The molecule has 0 bridgehead atoms. The Hall–Kier alpha value is -2.04. The Morgan fingerprint density at radius 3 is 1.49 bits per heavy atom. The fourth-order valence-electron chi connectivity index (χ4n) is 5.22. The van der Waals surface area contributed by atoms with Gasteiger partial charge in [-0.1, -0.05) is 128 Å². The summed E-state index contributed by atoms with van der Waals surface area (Å²) < 4.78 is 32.5. The van der Waals surface area contributed by atoms with Gasteiger partial charge in [0.15, 0.2) is 6.10 Å². The number of phosphoric ester groups is 1. The number of carbonyl (C=O) groups excluding carboxylic acids is 2. The highest BCUT2D eigenvalue weighted by Gasteiger charge is 2.28. The van der Waals surface area contributed by atoms with Gasteiger partial charge in [-0.05, 0) is 57.8 Å². The van der Waals surface area contributed by atoms with Crippen LogP contribution in [0.2, 0.25) is 0 Å². The molecule has 0 spiro atoms. The Bertz CT molecular complexity index is 974. The highest BCUT2D eigenvalue weighted by molar-refractivity contribution is 7.47. The Balaban J connectivity index is 4.40. The smallest absolute Gasteiger partial charge is 0.472 e. The Kier molecular flexibility index (Phi) is 33.6. The molecule has 0 aromatic carbocycles. The molecular weight excluding hydrogens is 673 g/mol. The maximum absolute atomic E-state index is 12.5. The third-order valence-electron chi connectivity index (χ3n) is 8.42. The largest absolute Gasteiger partial charge is 0.480 e. The predicted molar refractivity (Wildman–Crippen MR) is 203 cm³/mol. The lowest BCUT2D eigenvalue weighted by Crippen LogP contribution is -2.34. The van der Waals surface area contributed by atoms with Crippen LogP contribution in [-0.2, 0) is 37.5 Å². The molecule has 0 fully saturated rings. The van der Waals surface area contributed by atoms with E-state index in [2.05, 4.69) is 42.7 Å². The fraction of sp³-hybridized carbons (Fsp3) is 0.821. The second-order valence-electron chi connectivity index (χ2n) is 13.4. The first-order valence-corrected chi connectivity index (χ1v) is 21.4. The molecular formula is C39H72NO10P. The van der Waals surface area contributed by atoms with Gasteiger partial charge in [-0.3, -0.25) is 23.4 Å². The number of carbonyl (C=O) groups is 3. The number of nitrogens with two attached hydrogens (primary N) is 1. The standard InChI is InChI=1S/C39H72NO10P/c1-3-5-7-9-11-13-15-16-17-18-19-21-22-24-26-28-30-37(41)47-32-35(33-48-51(45,46)49-34-36(40)39(43)44)50-38(42)31-29-27-25-23-20-14-12-10-8-6-4-2/h10,12,17-18,35-36H,3-9,11,13-16,19-34,40H2,1-2H3,(H,43,44)(H,45,46)/b12-10-,18-17-/t35-,36+/m1/s1. The zero-order chi connectivity index (χ0) is 37.8. The van der Waals surface area contributed by atoms with Gasteiger partial charge in [0.25, 0.3) is 0 Å². The molecule has 11 nitrogen and oxygen atoms in total. The van der Waals surface area contributed by atoms with Crippen LogP contribution in [0.15, 0.2) is 24.3 Å². The molecule has 0 heterocycles. The van der Waals surface area contributed by atoms with E-state index in [1.165, 1.54) is 57.8 Å². The first-order valence-electron chi connectivity index (χ1n) is 19.9. The predicted octanol–water partition coefficient (Wildman–Crippen LogP) is 9.89. The number of rotatable bonds is 37. The van der Waals surface area contributed by atoms with Crippen molar-refractivity contribution in [3.05, 3.63) is 24.3 Å². The maximum atomic E-state index is 12.5. The first kappa shape index (κ1) is 49.0. The van der Waals surface area contributed by atoms with Crippen molar-refractivity contribution in [3.8, 4) is 0 Å². The van der Waals surface area contributed by atoms with Gasteiger partial charge in [0, 0.05) is 12.8 Å². The minimum absolute atomic E-state index is 0.150. The van der Waals surface area contributed by atoms with Crippen LogP contribution in [0.25, 0.3) is 0 Å². The number of unbranched alkanes of at least 4 members (excludes halogenated alkanes) is 19. The van der Waals surface area contributed by atoms with Crippen molar-refractivity contribution in [2.75, 3.05) is 19.8 Å². The summed E-state index contributed by atoms with van der Waals surface area (Å²) >= 11 is 0. The number of aliphatic carboxylic acids is 1. The Morgan fingerprint density at radius 2 is 1.00 bits per heavy atom. The maximum Gasteiger partial charge on any atom is 0.472 e. The number of hydrogen-bond donors (Lipinski definition) is 3. The summed E-state index contributed by atoms with van der Waals surface area (Å²) in [7, 11) is -4.71. The van der Waals surface area contributed by atoms with Crippen molar-refractivity contribution in [3.63, 3.8) is 0 Å². The monoisotopic (exact) mass is 745 g/mol. The van der Waals surface area contributed by atoms with Gasteiger partial charge in [0.1, 0.15) is 12.6 Å². The SMILES string of the molecule is CCCC/C=C\CCCCCCCC(=O)O[C@H](COC(=O)CCCCCCC/C=C\CCCCCCCCC)COP(=O)(O)OC[C@H](N)C(=O)O. The van der Waals surface area contributed by atoms with Gasteiger partial charge < -0.3 is 25.2 Å². The van der Waals surface area contributed by atoms with Crippen molar-refractivity contribution in [2.24, 2.45) is 5.73 Å². The molecule has 0 aliphatic heterocycles. The lowest BCUT2D eigenvalue weighted by atomic mass is 10.1. The van der Waals surface area contributed by atoms with Crippen LogP contribution in [0.1, 0.15) is 174 Å². The molecule has 0 saturated carbocycles. The Morgan fingerprint density at radius 1 is 0.588 bits per heavy atom. The molecule has 0 saturated heterocycles. The molecule has 298 valence electrons. The molecule has 51 heavy (non-hydrogen) atoms. The van der Waals surface area contributed by atoms with Crippen LogP contribution >= 0.6 is 7.82 Å². The summed E-state index contributed by atoms with van der Waals surface area (Å²) in [6.07, 6.45) is 33.9. The molecule has 0 aliphatic rings. The summed E-state index contributed by atoms with van der Waals surface area (Å²) in [5.41, 5.74) is 5.31. The zero-order valence-corrected chi connectivity index (χ0v) is 32.8. The van der Waals surface area contributed by atoms with Gasteiger partial charge in [0.2, 0.25) is 0 Å². The zero-order valence-electron chi connectivity index (χ0n) is 31.9. The second-order valence-corrected chi connectivity index (χ2v) is 14.9. The highest BCUT2D eigenvalue weighted by Crippen LogP contribution is 2.43. The van der Waals surface area contributed by atoms with Crippen molar-refractivity contribution >= 4 is 25.7 Å². The summed E-state index contributed by atoms with van der Waals surface area (Å²) in [5.74, 6) is -2.40. The van der Waals surface area contributed by atoms with Crippen molar-refractivity contribution < 1.29 is 47.5 Å². The summed E-state index contributed by atoms with van der Waals surface area (Å²) in [6.45, 7) is 2.73. The second kappa shape index (κ2) is 35.0. The number of allylic oxidation sites excluding steroid dienone is 4. The number of ether oxygens (including phenoxy) is 2. The van der Waals surface area contributed by atoms with Gasteiger partial charge >= 0.3 is 25.7 Å². The molecule has 1 unspecified atom stereocenters. The minimum atomic E-state index is -4.71. The average molecular weight is 746 g/mol. The van der Waals surface area contributed by atoms with Crippen LogP contribution in [-0.4, -0.2) is 59.9 Å². The number of hydrogen-bond acceptors (Lipinski definition) is 9. The normalized spacial score (nSPS) is 14.1. The van der Waals surface area contributed by atoms with Crippen molar-refractivity contribution in [1.29, 1.82) is 0 Å². The molecule has 12 heteroatoms. The summed E-state index contributed by atoms with van der Waals surface area (Å²) in [6, 6.07) is -1.52. The van der Waals surface area contributed by atoms with E-state index in [4.69, 9.17) is 24.8 Å². The molecule has 0 radical (unpaired) electrons. The molecule has 0 amide bonds. The molecule has 4 N–H and O–H groups in total. The lowest BCUT2D eigenvalue weighted by molar-refractivity contribution is -0.161. The third kappa shape index (κ3) is 34.8. The van der Waals surface area contributed by atoms with E-state index in [0.29, 0.717) is 12.8 Å². The van der Waals surface area contributed by atoms with Gasteiger partial charge in [-0.2, -0.15) is 0 Å². The van der Waals surface area contributed by atoms with Crippen LogP contribution in [0, 0.1) is 0 Å². The minimum Gasteiger partial charge on any atom is -0.480 e. The number of carboxylic acid groups (broad SMARTS) is 1. The topological polar surface area (TPSA) is 172 Å². The summed E-state index contributed by atoms with van der Waals surface area (Å²) in [4.78, 5) is 45.7. The van der Waals surface area contributed by atoms with E-state index in [1.54, 1.807) is 0 Å². The van der Waals surface area contributed by atoms with Crippen LogP contribution in [0.3, 0.4) is 0 Å².